The molecule has 0 radical (unpaired) electrons. The summed E-state index contributed by atoms with van der Waals surface area (Å²) < 4.78 is 10.8. The van der Waals surface area contributed by atoms with Gasteiger partial charge in [0.2, 0.25) is 5.91 Å². The number of carbonyl (C=O) groups excluding carboxylic acids is 1. The van der Waals surface area contributed by atoms with Crippen LogP contribution in [0.5, 0.6) is 0 Å². The molecule has 1 atom stereocenters. The number of primary amides is 1. The number of nitrogens with two attached hydrogens (primary N) is 1. The lowest BCUT2D eigenvalue weighted by Gasteiger charge is -2.22. The third-order valence-electron chi connectivity index (χ3n) is 3.31. The van der Waals surface area contributed by atoms with Crippen LogP contribution in [0.2, 0.25) is 0 Å². The van der Waals surface area contributed by atoms with Crippen molar-refractivity contribution in [3.8, 4) is 0 Å². The molecule has 0 aromatic carbocycles. The molecule has 0 heterocycles. The van der Waals surface area contributed by atoms with Gasteiger partial charge in [-0.1, -0.05) is 0 Å². The van der Waals surface area contributed by atoms with Gasteiger partial charge in [-0.25, -0.2) is 0 Å². The van der Waals surface area contributed by atoms with Gasteiger partial charge in [0.05, 0.1) is 11.6 Å². The van der Waals surface area contributed by atoms with E-state index in [1.54, 1.807) is 7.11 Å². The second-order valence-corrected chi connectivity index (χ2v) is 5.51. The Hall–Kier alpha value is -0.650. The number of rotatable bonds is 10. The molecule has 0 aromatic rings. The number of ether oxygens (including phenoxy) is 2. The third-order valence-corrected chi connectivity index (χ3v) is 3.31. The Morgan fingerprint density at radius 2 is 2.11 bits per heavy atom. The lowest BCUT2D eigenvalue weighted by molar-refractivity contribution is -0.120. The van der Waals surface area contributed by atoms with E-state index < -0.39 is 0 Å². The average molecular weight is 258 g/mol. The van der Waals surface area contributed by atoms with Gasteiger partial charge in [0.25, 0.3) is 0 Å². The normalized spacial score (nSPS) is 17.7. The molecule has 1 amide bonds. The van der Waals surface area contributed by atoms with Gasteiger partial charge in [-0.3, -0.25) is 4.79 Å². The summed E-state index contributed by atoms with van der Waals surface area (Å²) in [6, 6.07) is 0.225. The highest BCUT2D eigenvalue weighted by Crippen LogP contribution is 2.20. The summed E-state index contributed by atoms with van der Waals surface area (Å²) in [5, 5.41) is 3.23. The summed E-state index contributed by atoms with van der Waals surface area (Å²) in [6.07, 6.45) is 3.76. The number of methoxy groups -OCH3 is 1. The van der Waals surface area contributed by atoms with E-state index in [9.17, 15) is 4.79 Å². The van der Waals surface area contributed by atoms with Crippen molar-refractivity contribution in [1.29, 1.82) is 0 Å². The van der Waals surface area contributed by atoms with Crippen molar-refractivity contribution in [3.05, 3.63) is 0 Å². The fourth-order valence-corrected chi connectivity index (χ4v) is 1.57. The Labute approximate surface area is 109 Å². The van der Waals surface area contributed by atoms with Crippen molar-refractivity contribution in [2.75, 3.05) is 20.3 Å². The molecule has 1 aliphatic rings. The van der Waals surface area contributed by atoms with Crippen molar-refractivity contribution in [3.63, 3.8) is 0 Å². The van der Waals surface area contributed by atoms with Gasteiger partial charge < -0.3 is 20.5 Å². The summed E-state index contributed by atoms with van der Waals surface area (Å²) in [4.78, 5) is 11.2. The van der Waals surface area contributed by atoms with Crippen LogP contribution in [0.1, 0.15) is 39.5 Å². The molecule has 106 valence electrons. The average Bonchev–Trinajstić information content (AvgIpc) is 3.10. The highest BCUT2D eigenvalue weighted by Gasteiger charge is 2.26. The van der Waals surface area contributed by atoms with Crippen LogP contribution in [0.4, 0.5) is 0 Å². The monoisotopic (exact) mass is 258 g/mol. The Balaban J connectivity index is 2.09. The number of nitrogens with one attached hydrogen (secondary N) is 1. The van der Waals surface area contributed by atoms with E-state index in [4.69, 9.17) is 15.2 Å². The van der Waals surface area contributed by atoms with Crippen LogP contribution in [0, 0.1) is 0 Å². The van der Waals surface area contributed by atoms with Crippen molar-refractivity contribution >= 4 is 5.91 Å². The lowest BCUT2D eigenvalue weighted by Crippen LogP contribution is -2.43. The third kappa shape index (κ3) is 6.33. The van der Waals surface area contributed by atoms with Crippen molar-refractivity contribution in [2.24, 2.45) is 5.73 Å². The topological polar surface area (TPSA) is 73.6 Å². The number of carbonyl (C=O) groups is 1. The minimum absolute atomic E-state index is 0.157. The molecule has 5 heteroatoms. The van der Waals surface area contributed by atoms with Crippen LogP contribution in [0.25, 0.3) is 0 Å². The molecule has 1 saturated carbocycles. The molecule has 5 nitrogen and oxygen atoms in total. The van der Waals surface area contributed by atoms with E-state index in [0.717, 1.165) is 19.3 Å². The number of amides is 1. The summed E-state index contributed by atoms with van der Waals surface area (Å²) in [5.41, 5.74) is 5.18. The Morgan fingerprint density at radius 3 is 2.61 bits per heavy atom. The fourth-order valence-electron chi connectivity index (χ4n) is 1.57. The SMILES string of the molecule is COC(C)(C)CCOCCC(NC1CC1)C(N)=O. The van der Waals surface area contributed by atoms with Gasteiger partial charge in [-0.2, -0.15) is 0 Å². The Morgan fingerprint density at radius 1 is 1.44 bits per heavy atom. The van der Waals surface area contributed by atoms with E-state index in [-0.39, 0.29) is 17.6 Å². The van der Waals surface area contributed by atoms with Crippen molar-refractivity contribution in [2.45, 2.75) is 57.2 Å². The minimum Gasteiger partial charge on any atom is -0.381 e. The zero-order valence-corrected chi connectivity index (χ0v) is 11.7. The van der Waals surface area contributed by atoms with E-state index >= 15 is 0 Å². The predicted octanol–water partition coefficient (Wildman–Crippen LogP) is 0.814. The van der Waals surface area contributed by atoms with E-state index in [1.165, 1.54) is 0 Å². The summed E-state index contributed by atoms with van der Waals surface area (Å²) in [7, 11) is 1.70. The Bertz CT molecular complexity index is 265. The van der Waals surface area contributed by atoms with Crippen LogP contribution >= 0.6 is 0 Å². The molecule has 1 aliphatic carbocycles. The molecule has 1 unspecified atom stereocenters. The van der Waals surface area contributed by atoms with Crippen LogP contribution in [-0.4, -0.2) is 43.9 Å². The first-order chi connectivity index (χ1) is 8.44. The van der Waals surface area contributed by atoms with E-state index in [1.807, 2.05) is 13.8 Å². The van der Waals surface area contributed by atoms with Gasteiger partial charge >= 0.3 is 0 Å². The Kier molecular flexibility index (Phi) is 6.05. The second kappa shape index (κ2) is 7.07. The zero-order valence-electron chi connectivity index (χ0n) is 11.7. The number of hydrogen-bond acceptors (Lipinski definition) is 4. The smallest absolute Gasteiger partial charge is 0.234 e. The van der Waals surface area contributed by atoms with Gasteiger partial charge in [0.1, 0.15) is 0 Å². The first-order valence-corrected chi connectivity index (χ1v) is 6.63. The van der Waals surface area contributed by atoms with Gasteiger partial charge in [0.15, 0.2) is 0 Å². The quantitative estimate of drug-likeness (QED) is 0.569. The predicted molar refractivity (Wildman–Crippen MR) is 70.3 cm³/mol. The molecule has 0 aromatic heterocycles. The molecule has 0 spiro atoms. The molecule has 0 saturated heterocycles. The van der Waals surface area contributed by atoms with Crippen LogP contribution in [0.15, 0.2) is 0 Å². The molecule has 1 fully saturated rings. The first-order valence-electron chi connectivity index (χ1n) is 6.63. The highest BCUT2D eigenvalue weighted by molar-refractivity contribution is 5.79. The summed E-state index contributed by atoms with van der Waals surface area (Å²) >= 11 is 0. The maximum atomic E-state index is 11.2. The summed E-state index contributed by atoms with van der Waals surface area (Å²) in [6.45, 7) is 5.23. The lowest BCUT2D eigenvalue weighted by atomic mass is 10.1. The molecule has 1 rings (SSSR count). The fraction of sp³-hybridized carbons (Fsp3) is 0.923. The van der Waals surface area contributed by atoms with Crippen LogP contribution < -0.4 is 11.1 Å². The zero-order chi connectivity index (χ0) is 13.6. The molecular formula is C13H26N2O3. The largest absolute Gasteiger partial charge is 0.381 e. The first kappa shape index (κ1) is 15.4. The van der Waals surface area contributed by atoms with Gasteiger partial charge in [-0.05, 0) is 39.5 Å². The minimum atomic E-state index is -0.289. The number of hydrogen-bond donors (Lipinski definition) is 2. The van der Waals surface area contributed by atoms with Crippen LogP contribution in [0.3, 0.4) is 0 Å². The van der Waals surface area contributed by atoms with E-state index in [2.05, 4.69) is 5.32 Å². The highest BCUT2D eigenvalue weighted by atomic mass is 16.5. The van der Waals surface area contributed by atoms with Gasteiger partial charge in [0, 0.05) is 26.4 Å². The molecule has 0 aliphatic heterocycles. The molecular weight excluding hydrogens is 232 g/mol. The van der Waals surface area contributed by atoms with Crippen LogP contribution in [-0.2, 0) is 14.3 Å². The molecule has 0 bridgehead atoms. The molecule has 18 heavy (non-hydrogen) atoms. The second-order valence-electron chi connectivity index (χ2n) is 5.51. The summed E-state index contributed by atoms with van der Waals surface area (Å²) in [5.74, 6) is -0.289. The van der Waals surface area contributed by atoms with Crippen molar-refractivity contribution < 1.29 is 14.3 Å². The molecule has 3 N–H and O–H groups in total. The standard InChI is InChI=1S/C13H26N2O3/c1-13(2,17-3)7-9-18-8-6-11(12(14)16)15-10-4-5-10/h10-11,15H,4-9H2,1-3H3,(H2,14,16). The maximum Gasteiger partial charge on any atom is 0.234 e. The van der Waals surface area contributed by atoms with Crippen molar-refractivity contribution in [1.82, 2.24) is 5.32 Å². The van der Waals surface area contributed by atoms with E-state index in [0.29, 0.717) is 25.7 Å². The van der Waals surface area contributed by atoms with Gasteiger partial charge in [-0.15, -0.1) is 0 Å². The maximum absolute atomic E-state index is 11.2.